The summed E-state index contributed by atoms with van der Waals surface area (Å²) >= 11 is 1.40. The van der Waals surface area contributed by atoms with Gasteiger partial charge in [-0.05, 0) is 6.07 Å². The normalized spacial score (nSPS) is 16.9. The first kappa shape index (κ1) is 17.1. The first-order valence-electron chi connectivity index (χ1n) is 7.85. The molecule has 2 aromatic heterocycles. The second kappa shape index (κ2) is 7.89. The maximum atomic E-state index is 12.5. The van der Waals surface area contributed by atoms with Crippen LogP contribution in [0.25, 0.3) is 10.6 Å². The van der Waals surface area contributed by atoms with E-state index in [1.165, 1.54) is 16.2 Å². The molecule has 0 aromatic carbocycles. The first-order valence-corrected chi connectivity index (χ1v) is 8.73. The van der Waals surface area contributed by atoms with E-state index in [9.17, 15) is 9.90 Å². The van der Waals surface area contributed by atoms with Gasteiger partial charge in [-0.2, -0.15) is 0 Å². The Balaban J connectivity index is 1.54. The second-order valence-corrected chi connectivity index (χ2v) is 6.66. The Kier molecular flexibility index (Phi) is 5.62. The predicted molar refractivity (Wildman–Crippen MR) is 90.0 cm³/mol. The molecule has 7 nitrogen and oxygen atoms in total. The lowest BCUT2D eigenvalue weighted by Crippen LogP contribution is -2.45. The number of thiazole rings is 1. The van der Waals surface area contributed by atoms with Crippen LogP contribution in [-0.4, -0.2) is 78.3 Å². The van der Waals surface area contributed by atoms with Crippen LogP contribution >= 0.6 is 11.3 Å². The maximum absolute atomic E-state index is 12.5. The number of nitrogens with zero attached hydrogens (tertiary/aromatic N) is 3. The van der Waals surface area contributed by atoms with Gasteiger partial charge in [-0.3, -0.25) is 9.69 Å². The molecule has 1 amide bonds. The summed E-state index contributed by atoms with van der Waals surface area (Å²) in [5.74, 6) is -0.193. The largest absolute Gasteiger partial charge is 0.472 e. The predicted octanol–water partition coefficient (Wildman–Crippen LogP) is 1.17. The minimum atomic E-state index is -0.593. The zero-order chi connectivity index (χ0) is 16.9. The molecule has 0 saturated carbocycles. The van der Waals surface area contributed by atoms with Gasteiger partial charge in [-0.15, -0.1) is 11.3 Å². The van der Waals surface area contributed by atoms with Crippen LogP contribution < -0.4 is 0 Å². The number of carbonyl (C=O) groups excluding carboxylic acids is 1. The zero-order valence-corrected chi connectivity index (χ0v) is 14.4. The molecule has 0 bridgehead atoms. The molecule has 24 heavy (non-hydrogen) atoms. The Morgan fingerprint density at radius 1 is 1.50 bits per heavy atom. The molecule has 2 aromatic rings. The lowest BCUT2D eigenvalue weighted by molar-refractivity contribution is 0.00875. The van der Waals surface area contributed by atoms with Crippen LogP contribution in [0.1, 0.15) is 10.5 Å². The van der Waals surface area contributed by atoms with Gasteiger partial charge in [0.05, 0.1) is 25.6 Å². The maximum Gasteiger partial charge on any atom is 0.273 e. The summed E-state index contributed by atoms with van der Waals surface area (Å²) in [7, 11) is 1.68. The van der Waals surface area contributed by atoms with Crippen molar-refractivity contribution < 1.29 is 19.1 Å². The number of likely N-dealkylation sites (N-methyl/N-ethyl adjacent to an activating group) is 1. The zero-order valence-electron chi connectivity index (χ0n) is 13.6. The molecule has 0 radical (unpaired) electrons. The number of hydrogen-bond acceptors (Lipinski definition) is 7. The molecule has 0 spiro atoms. The highest BCUT2D eigenvalue weighted by Crippen LogP contribution is 2.24. The lowest BCUT2D eigenvalue weighted by Gasteiger charge is -2.29. The number of furan rings is 1. The van der Waals surface area contributed by atoms with E-state index < -0.39 is 6.10 Å². The highest BCUT2D eigenvalue weighted by atomic mass is 32.1. The Bertz CT molecular complexity index is 652. The van der Waals surface area contributed by atoms with E-state index in [4.69, 9.17) is 9.15 Å². The molecule has 0 unspecified atom stereocenters. The molecular weight excluding hydrogens is 330 g/mol. The van der Waals surface area contributed by atoms with E-state index in [1.807, 2.05) is 6.07 Å². The van der Waals surface area contributed by atoms with Crippen molar-refractivity contribution in [3.63, 3.8) is 0 Å². The summed E-state index contributed by atoms with van der Waals surface area (Å²) in [5.41, 5.74) is 1.24. The van der Waals surface area contributed by atoms with Crippen molar-refractivity contribution in [1.29, 1.82) is 0 Å². The summed E-state index contributed by atoms with van der Waals surface area (Å²) < 4.78 is 10.3. The number of aromatic nitrogens is 1. The number of aliphatic hydroxyl groups is 1. The van der Waals surface area contributed by atoms with Gasteiger partial charge in [0.15, 0.2) is 0 Å². The van der Waals surface area contributed by atoms with Crippen LogP contribution in [0.4, 0.5) is 0 Å². The molecular formula is C16H21N3O4S. The SMILES string of the molecule is CN(C[C@@H](O)CN1CCOCC1)C(=O)c1csc(-c2ccoc2)n1. The number of morpholine rings is 1. The standard InChI is InChI=1S/C16H21N3O4S/c1-18(8-13(20)9-19-3-6-22-7-4-19)16(21)14-11-24-15(17-14)12-2-5-23-10-12/h2,5,10-11,13,20H,3-4,6-9H2,1H3/t13-/m1/s1. The van der Waals surface area contributed by atoms with Crippen LogP contribution in [0.15, 0.2) is 28.4 Å². The Morgan fingerprint density at radius 3 is 3.00 bits per heavy atom. The number of aliphatic hydroxyl groups excluding tert-OH is 1. The molecule has 0 aliphatic carbocycles. The minimum absolute atomic E-state index is 0.193. The third-order valence-electron chi connectivity index (χ3n) is 3.90. The van der Waals surface area contributed by atoms with Crippen LogP contribution in [0, 0.1) is 0 Å². The van der Waals surface area contributed by atoms with Gasteiger partial charge in [0, 0.05) is 44.2 Å². The van der Waals surface area contributed by atoms with Crippen LogP contribution in [-0.2, 0) is 4.74 Å². The second-order valence-electron chi connectivity index (χ2n) is 5.80. The van der Waals surface area contributed by atoms with E-state index in [1.54, 1.807) is 25.0 Å². The summed E-state index contributed by atoms with van der Waals surface area (Å²) in [5, 5.41) is 12.7. The Labute approximate surface area is 144 Å². The minimum Gasteiger partial charge on any atom is -0.472 e. The average Bonchev–Trinajstić information content (AvgIpc) is 3.26. The molecule has 1 fully saturated rings. The number of carbonyl (C=O) groups is 1. The highest BCUT2D eigenvalue weighted by Gasteiger charge is 2.21. The third kappa shape index (κ3) is 4.21. The fourth-order valence-corrected chi connectivity index (χ4v) is 3.40. The molecule has 1 saturated heterocycles. The Hall–Kier alpha value is -1.74. The molecule has 1 atom stereocenters. The highest BCUT2D eigenvalue weighted by molar-refractivity contribution is 7.13. The van der Waals surface area contributed by atoms with Crippen molar-refractivity contribution in [3.05, 3.63) is 29.7 Å². The topological polar surface area (TPSA) is 79.0 Å². The van der Waals surface area contributed by atoms with E-state index in [-0.39, 0.29) is 12.5 Å². The van der Waals surface area contributed by atoms with E-state index >= 15 is 0 Å². The lowest BCUT2D eigenvalue weighted by atomic mass is 10.2. The summed E-state index contributed by atoms with van der Waals surface area (Å²) in [6.45, 7) is 3.82. The quantitative estimate of drug-likeness (QED) is 0.842. The van der Waals surface area contributed by atoms with Crippen molar-refractivity contribution in [3.8, 4) is 10.6 Å². The number of ether oxygens (including phenoxy) is 1. The van der Waals surface area contributed by atoms with E-state index in [0.717, 1.165) is 23.7 Å². The molecule has 130 valence electrons. The van der Waals surface area contributed by atoms with Crippen molar-refractivity contribution in [1.82, 2.24) is 14.8 Å². The summed E-state index contributed by atoms with van der Waals surface area (Å²) in [6, 6.07) is 1.81. The van der Waals surface area contributed by atoms with Crippen molar-refractivity contribution in [2.24, 2.45) is 0 Å². The van der Waals surface area contributed by atoms with Crippen LogP contribution in [0.3, 0.4) is 0 Å². The fourth-order valence-electron chi connectivity index (χ4n) is 2.62. The van der Waals surface area contributed by atoms with Crippen molar-refractivity contribution in [2.75, 3.05) is 46.4 Å². The summed E-state index contributed by atoms with van der Waals surface area (Å²) in [4.78, 5) is 20.5. The van der Waals surface area contributed by atoms with Crippen LogP contribution in [0.2, 0.25) is 0 Å². The molecule has 3 rings (SSSR count). The Morgan fingerprint density at radius 2 is 2.29 bits per heavy atom. The van der Waals surface area contributed by atoms with E-state index in [2.05, 4.69) is 9.88 Å². The van der Waals surface area contributed by atoms with Crippen molar-refractivity contribution >= 4 is 17.2 Å². The van der Waals surface area contributed by atoms with Gasteiger partial charge < -0.3 is 19.2 Å². The molecule has 1 aliphatic rings. The van der Waals surface area contributed by atoms with Gasteiger partial charge in [0.1, 0.15) is 17.0 Å². The van der Waals surface area contributed by atoms with Gasteiger partial charge in [-0.1, -0.05) is 0 Å². The van der Waals surface area contributed by atoms with Gasteiger partial charge in [-0.25, -0.2) is 4.98 Å². The van der Waals surface area contributed by atoms with Gasteiger partial charge >= 0.3 is 0 Å². The van der Waals surface area contributed by atoms with Crippen LogP contribution in [0.5, 0.6) is 0 Å². The smallest absolute Gasteiger partial charge is 0.273 e. The number of hydrogen-bond donors (Lipinski definition) is 1. The van der Waals surface area contributed by atoms with E-state index in [0.29, 0.717) is 25.5 Å². The summed E-state index contributed by atoms with van der Waals surface area (Å²) in [6.07, 6.45) is 2.58. The van der Waals surface area contributed by atoms with Gasteiger partial charge in [0.2, 0.25) is 0 Å². The fraction of sp³-hybridized carbons (Fsp3) is 0.500. The van der Waals surface area contributed by atoms with Crippen molar-refractivity contribution in [2.45, 2.75) is 6.10 Å². The average molecular weight is 351 g/mol. The monoisotopic (exact) mass is 351 g/mol. The molecule has 1 N–H and O–H groups in total. The molecule has 8 heteroatoms. The number of rotatable bonds is 6. The molecule has 1 aliphatic heterocycles. The third-order valence-corrected chi connectivity index (χ3v) is 4.79. The van der Waals surface area contributed by atoms with Gasteiger partial charge in [0.25, 0.3) is 5.91 Å². The molecule has 3 heterocycles. The number of amides is 1. The number of β-amino-alcohol motifs (C(OH)–C–C–N with tert-alkyl or cyclic N) is 1. The first-order chi connectivity index (χ1) is 11.6.